The van der Waals surface area contributed by atoms with Gasteiger partial charge in [0, 0.05) is 37.4 Å². The van der Waals surface area contributed by atoms with Crippen molar-refractivity contribution in [2.24, 2.45) is 0 Å². The third kappa shape index (κ3) is 4.05. The summed E-state index contributed by atoms with van der Waals surface area (Å²) in [6.07, 6.45) is 0. The van der Waals surface area contributed by atoms with E-state index in [0.717, 1.165) is 53.9 Å². The van der Waals surface area contributed by atoms with E-state index < -0.39 is 0 Å². The fourth-order valence-corrected chi connectivity index (χ4v) is 4.20. The van der Waals surface area contributed by atoms with Crippen LogP contribution in [0.1, 0.15) is 0 Å². The molecule has 0 aliphatic carbocycles. The Morgan fingerprint density at radius 3 is 2.37 bits per heavy atom. The monoisotopic (exact) mass is 398 g/mol. The number of hydrogen-bond donors (Lipinski definition) is 0. The predicted octanol–water partition coefficient (Wildman–Crippen LogP) is 4.13. The normalized spacial score (nSPS) is 15.1. The Balaban J connectivity index is 1.42. The zero-order valence-electron chi connectivity index (χ0n) is 15.2. The standard InChI is InChI=1S/C20H22N4OS2/c1-25-18-9-7-17(8-10-18)23-13-11-22(12-14-23)15-24-19(21-27-20(24)26)16-5-3-2-4-6-16/h2-10H,11-15H2,1H3. The molecule has 0 amide bonds. The summed E-state index contributed by atoms with van der Waals surface area (Å²) in [5, 5.41) is 0. The molecule has 0 N–H and O–H groups in total. The van der Waals surface area contributed by atoms with Crippen LogP contribution < -0.4 is 9.64 Å². The molecule has 7 heteroatoms. The summed E-state index contributed by atoms with van der Waals surface area (Å²) in [6.45, 7) is 4.78. The highest BCUT2D eigenvalue weighted by Crippen LogP contribution is 2.23. The number of hydrogen-bond acceptors (Lipinski definition) is 6. The maximum Gasteiger partial charge on any atom is 0.182 e. The molecule has 1 saturated heterocycles. The van der Waals surface area contributed by atoms with Gasteiger partial charge in [0.2, 0.25) is 0 Å². The van der Waals surface area contributed by atoms with Crippen molar-refractivity contribution in [3.8, 4) is 17.1 Å². The molecule has 1 aliphatic heterocycles. The van der Waals surface area contributed by atoms with Crippen molar-refractivity contribution < 1.29 is 4.74 Å². The van der Waals surface area contributed by atoms with Crippen molar-refractivity contribution in [1.29, 1.82) is 0 Å². The molecule has 2 aromatic carbocycles. The number of aromatic nitrogens is 2. The maximum absolute atomic E-state index is 5.53. The first-order chi connectivity index (χ1) is 13.2. The first-order valence-electron chi connectivity index (χ1n) is 8.98. The number of rotatable bonds is 5. The van der Waals surface area contributed by atoms with Crippen LogP contribution in [0.3, 0.4) is 0 Å². The second-order valence-electron chi connectivity index (χ2n) is 6.51. The van der Waals surface area contributed by atoms with Gasteiger partial charge >= 0.3 is 0 Å². The first-order valence-corrected chi connectivity index (χ1v) is 10.2. The second-order valence-corrected chi connectivity index (χ2v) is 7.91. The van der Waals surface area contributed by atoms with Gasteiger partial charge in [-0.05, 0) is 48.0 Å². The van der Waals surface area contributed by atoms with E-state index in [4.69, 9.17) is 17.0 Å². The van der Waals surface area contributed by atoms with Crippen LogP contribution in [0.2, 0.25) is 0 Å². The minimum absolute atomic E-state index is 0.788. The fraction of sp³-hybridized carbons (Fsp3) is 0.300. The van der Waals surface area contributed by atoms with Gasteiger partial charge in [-0.2, -0.15) is 4.37 Å². The van der Waals surface area contributed by atoms with Crippen molar-refractivity contribution in [1.82, 2.24) is 13.8 Å². The van der Waals surface area contributed by atoms with E-state index in [0.29, 0.717) is 0 Å². The Morgan fingerprint density at radius 1 is 1.00 bits per heavy atom. The molecule has 0 unspecified atom stereocenters. The summed E-state index contributed by atoms with van der Waals surface area (Å²) in [4.78, 5) is 4.86. The lowest BCUT2D eigenvalue weighted by atomic mass is 10.2. The van der Waals surface area contributed by atoms with E-state index in [9.17, 15) is 0 Å². The molecule has 27 heavy (non-hydrogen) atoms. The van der Waals surface area contributed by atoms with E-state index in [-0.39, 0.29) is 0 Å². The molecule has 0 radical (unpaired) electrons. The highest BCUT2D eigenvalue weighted by atomic mass is 32.2. The Labute approximate surface area is 168 Å². The summed E-state index contributed by atoms with van der Waals surface area (Å²) in [5.74, 6) is 1.85. The van der Waals surface area contributed by atoms with Gasteiger partial charge in [-0.3, -0.25) is 9.47 Å². The molecule has 1 aromatic heterocycles. The minimum Gasteiger partial charge on any atom is -0.497 e. The van der Waals surface area contributed by atoms with Gasteiger partial charge in [0.15, 0.2) is 9.78 Å². The smallest absolute Gasteiger partial charge is 0.182 e. The van der Waals surface area contributed by atoms with Crippen molar-refractivity contribution in [3.63, 3.8) is 0 Å². The summed E-state index contributed by atoms with van der Waals surface area (Å²) >= 11 is 6.93. The number of ether oxygens (including phenoxy) is 1. The molecule has 2 heterocycles. The number of anilines is 1. The Hall–Kier alpha value is -2.22. The average Bonchev–Trinajstić information content (AvgIpc) is 3.09. The van der Waals surface area contributed by atoms with Crippen LogP contribution in [0.4, 0.5) is 5.69 Å². The highest BCUT2D eigenvalue weighted by molar-refractivity contribution is 7.73. The van der Waals surface area contributed by atoms with Gasteiger partial charge in [0.25, 0.3) is 0 Å². The largest absolute Gasteiger partial charge is 0.497 e. The topological polar surface area (TPSA) is 33.5 Å². The first kappa shape index (κ1) is 18.2. The third-order valence-electron chi connectivity index (χ3n) is 4.87. The van der Waals surface area contributed by atoms with Crippen LogP contribution in [0.5, 0.6) is 5.75 Å². The molecule has 3 aromatic rings. The molecule has 0 bridgehead atoms. The summed E-state index contributed by atoms with van der Waals surface area (Å²) in [5.41, 5.74) is 2.36. The lowest BCUT2D eigenvalue weighted by molar-refractivity contribution is 0.206. The van der Waals surface area contributed by atoms with Gasteiger partial charge in [-0.25, -0.2) is 0 Å². The molecule has 0 saturated carbocycles. The lowest BCUT2D eigenvalue weighted by Crippen LogP contribution is -2.46. The number of piperazine rings is 1. The molecule has 0 spiro atoms. The molecule has 4 rings (SSSR count). The summed E-state index contributed by atoms with van der Waals surface area (Å²) in [7, 11) is 1.70. The minimum atomic E-state index is 0.788. The van der Waals surface area contributed by atoms with Crippen molar-refractivity contribution in [2.75, 3.05) is 38.2 Å². The average molecular weight is 399 g/mol. The van der Waals surface area contributed by atoms with E-state index >= 15 is 0 Å². The van der Waals surface area contributed by atoms with Crippen molar-refractivity contribution >= 4 is 29.4 Å². The van der Waals surface area contributed by atoms with Gasteiger partial charge < -0.3 is 9.64 Å². The van der Waals surface area contributed by atoms with Gasteiger partial charge in [-0.15, -0.1) is 0 Å². The van der Waals surface area contributed by atoms with Crippen LogP contribution in [0.25, 0.3) is 11.4 Å². The lowest BCUT2D eigenvalue weighted by Gasteiger charge is -2.36. The van der Waals surface area contributed by atoms with E-state index in [1.54, 1.807) is 7.11 Å². The molecular formula is C20H22N4OS2. The fourth-order valence-electron chi connectivity index (χ4n) is 3.33. The number of methoxy groups -OCH3 is 1. The van der Waals surface area contributed by atoms with Crippen LogP contribution >= 0.6 is 23.8 Å². The zero-order chi connectivity index (χ0) is 18.6. The van der Waals surface area contributed by atoms with Crippen molar-refractivity contribution in [3.05, 3.63) is 58.6 Å². The number of benzene rings is 2. The molecule has 0 atom stereocenters. The van der Waals surface area contributed by atoms with E-state index in [2.05, 4.69) is 43.0 Å². The van der Waals surface area contributed by atoms with Crippen LogP contribution in [-0.4, -0.2) is 47.1 Å². The maximum atomic E-state index is 5.53. The van der Waals surface area contributed by atoms with Crippen LogP contribution in [-0.2, 0) is 6.67 Å². The molecule has 5 nitrogen and oxygen atoms in total. The van der Waals surface area contributed by atoms with Crippen molar-refractivity contribution in [2.45, 2.75) is 6.67 Å². The SMILES string of the molecule is COc1ccc(N2CCN(Cn3c(-c4ccccc4)nsc3=S)CC2)cc1. The van der Waals surface area contributed by atoms with Gasteiger partial charge in [0.05, 0.1) is 13.8 Å². The third-order valence-corrected chi connectivity index (χ3v) is 5.95. The molecule has 1 aliphatic rings. The molecule has 140 valence electrons. The van der Waals surface area contributed by atoms with E-state index in [1.165, 1.54) is 17.2 Å². The Morgan fingerprint density at radius 2 is 1.70 bits per heavy atom. The predicted molar refractivity (Wildman–Crippen MR) is 113 cm³/mol. The molecule has 1 fully saturated rings. The highest BCUT2D eigenvalue weighted by Gasteiger charge is 2.19. The quantitative estimate of drug-likeness (QED) is 0.604. The second kappa shape index (κ2) is 8.21. The summed E-state index contributed by atoms with van der Waals surface area (Å²) < 4.78 is 12.8. The van der Waals surface area contributed by atoms with Gasteiger partial charge in [0.1, 0.15) is 5.75 Å². The van der Waals surface area contributed by atoms with Crippen LogP contribution in [0, 0.1) is 3.95 Å². The Bertz CT molecular complexity index is 929. The van der Waals surface area contributed by atoms with Gasteiger partial charge in [-0.1, -0.05) is 30.3 Å². The zero-order valence-corrected chi connectivity index (χ0v) is 16.9. The van der Waals surface area contributed by atoms with Crippen LogP contribution in [0.15, 0.2) is 54.6 Å². The number of nitrogens with zero attached hydrogens (tertiary/aromatic N) is 4. The molecular weight excluding hydrogens is 376 g/mol. The Kier molecular flexibility index (Phi) is 5.52. The summed E-state index contributed by atoms with van der Waals surface area (Å²) in [6, 6.07) is 18.6. The van der Waals surface area contributed by atoms with E-state index in [1.807, 2.05) is 30.3 Å².